The Bertz CT molecular complexity index is 2770. The third-order valence-corrected chi connectivity index (χ3v) is 11.5. The largest absolute Gasteiger partial charge is 0.315 e. The maximum absolute atomic E-state index is 4.25. The highest BCUT2D eigenvalue weighted by Crippen LogP contribution is 2.38. The number of anilines is 5. The molecule has 0 aliphatic heterocycles. The van der Waals surface area contributed by atoms with Gasteiger partial charge in [0.15, 0.2) is 0 Å². The van der Waals surface area contributed by atoms with Crippen LogP contribution in [-0.4, -0.2) is 0 Å². The van der Waals surface area contributed by atoms with Crippen LogP contribution in [-0.2, 0) is 0 Å². The van der Waals surface area contributed by atoms with Crippen LogP contribution >= 0.6 is 0 Å². The molecule has 2 heteroatoms. The van der Waals surface area contributed by atoms with Gasteiger partial charge in [-0.3, -0.25) is 0 Å². The fourth-order valence-corrected chi connectivity index (χ4v) is 8.11. The van der Waals surface area contributed by atoms with E-state index < -0.39 is 0 Å². The van der Waals surface area contributed by atoms with Crippen LogP contribution in [0.5, 0.6) is 0 Å². The van der Waals surface area contributed by atoms with Gasteiger partial charge in [-0.15, -0.1) is 0 Å². The lowest BCUT2D eigenvalue weighted by Gasteiger charge is -2.26. The molecule has 9 rings (SSSR count). The van der Waals surface area contributed by atoms with Crippen LogP contribution in [0.25, 0.3) is 50.1 Å². The van der Waals surface area contributed by atoms with Gasteiger partial charge >= 0.3 is 0 Å². The van der Waals surface area contributed by atoms with Crippen LogP contribution in [0.3, 0.4) is 0 Å². The van der Waals surface area contributed by atoms with Crippen molar-refractivity contribution in [1.82, 2.24) is 0 Å². The Morgan fingerprint density at radius 2 is 0.587 bits per heavy atom. The second kappa shape index (κ2) is 19.0. The first-order valence-electron chi connectivity index (χ1n) is 21.4. The standard InChI is InChI=1S/C61H48N2/c1-3-47(25-24-46(2)62(57-36-28-53(29-37-57)48-16-8-4-9-17-48)58-38-30-54(31-39-58)49-18-10-5-11-19-49)52-26-40-59(41-27-52)63(60-42-32-55(33-43-60)50-20-12-6-13-21-50)61-44-34-56(35-45-61)51-22-14-7-15-23-51/h3-45H,1H2,2H3/b46-24+,47-25+. The molecule has 0 atom stereocenters. The van der Waals surface area contributed by atoms with Crippen LogP contribution in [0, 0.1) is 0 Å². The van der Waals surface area contributed by atoms with Gasteiger partial charge in [-0.2, -0.15) is 0 Å². The molecular weight excluding hydrogens is 761 g/mol. The quantitative estimate of drug-likeness (QED) is 0.107. The Kier molecular flexibility index (Phi) is 12.1. The van der Waals surface area contributed by atoms with Crippen LogP contribution in [0.2, 0.25) is 0 Å². The molecule has 2 nitrogen and oxygen atoms in total. The van der Waals surface area contributed by atoms with Crippen molar-refractivity contribution < 1.29 is 0 Å². The SMILES string of the molecule is C=C/C(=C\C=C(/C)N(c1ccc(-c2ccccc2)cc1)c1ccc(-c2ccccc2)cc1)c1ccc(N(c2ccc(-c3ccccc3)cc2)c2ccc(-c3ccccc3)cc2)cc1. The summed E-state index contributed by atoms with van der Waals surface area (Å²) in [5.74, 6) is 0. The van der Waals surface area contributed by atoms with E-state index in [2.05, 4.69) is 278 Å². The summed E-state index contributed by atoms with van der Waals surface area (Å²) >= 11 is 0. The second-order valence-corrected chi connectivity index (χ2v) is 15.5. The second-order valence-electron chi connectivity index (χ2n) is 15.5. The van der Waals surface area contributed by atoms with Crippen LogP contribution < -0.4 is 9.80 Å². The highest BCUT2D eigenvalue weighted by molar-refractivity contribution is 5.83. The Hall–Kier alpha value is -8.20. The van der Waals surface area contributed by atoms with Gasteiger partial charge in [0.1, 0.15) is 0 Å². The predicted molar refractivity (Wildman–Crippen MR) is 270 cm³/mol. The maximum atomic E-state index is 4.25. The minimum Gasteiger partial charge on any atom is -0.315 e. The molecule has 0 aliphatic rings. The predicted octanol–water partition coefficient (Wildman–Crippen LogP) is 17.1. The van der Waals surface area contributed by atoms with E-state index in [9.17, 15) is 0 Å². The van der Waals surface area contributed by atoms with E-state index in [1.807, 2.05) is 6.08 Å². The molecule has 0 unspecified atom stereocenters. The number of hydrogen-bond acceptors (Lipinski definition) is 2. The molecule has 9 aromatic rings. The smallest absolute Gasteiger partial charge is 0.0462 e. The van der Waals surface area contributed by atoms with Gasteiger partial charge in [0.2, 0.25) is 0 Å². The topological polar surface area (TPSA) is 6.48 Å². The van der Waals surface area contributed by atoms with Crippen LogP contribution in [0.15, 0.2) is 273 Å². The summed E-state index contributed by atoms with van der Waals surface area (Å²) in [6, 6.07) is 86.2. The number of rotatable bonds is 13. The molecule has 0 N–H and O–H groups in total. The van der Waals surface area contributed by atoms with E-state index in [1.54, 1.807) is 0 Å². The molecule has 0 amide bonds. The van der Waals surface area contributed by atoms with Crippen molar-refractivity contribution >= 4 is 34.0 Å². The molecule has 0 heterocycles. The van der Waals surface area contributed by atoms with E-state index >= 15 is 0 Å². The van der Waals surface area contributed by atoms with Crippen molar-refractivity contribution in [2.24, 2.45) is 0 Å². The molecular formula is C61H48N2. The minimum atomic E-state index is 1.03. The zero-order valence-electron chi connectivity index (χ0n) is 35.4. The first-order valence-corrected chi connectivity index (χ1v) is 21.4. The Morgan fingerprint density at radius 3 is 0.889 bits per heavy atom. The fourth-order valence-electron chi connectivity index (χ4n) is 8.11. The highest BCUT2D eigenvalue weighted by atomic mass is 15.1. The number of benzene rings is 9. The van der Waals surface area contributed by atoms with Gasteiger partial charge in [-0.1, -0.05) is 201 Å². The van der Waals surface area contributed by atoms with Crippen LogP contribution in [0.4, 0.5) is 28.4 Å². The summed E-state index contributed by atoms with van der Waals surface area (Å²) in [5, 5.41) is 0. The molecule has 0 aliphatic carbocycles. The Labute approximate surface area is 372 Å². The Balaban J connectivity index is 1.03. The zero-order valence-corrected chi connectivity index (χ0v) is 35.4. The summed E-state index contributed by atoms with van der Waals surface area (Å²) in [6.07, 6.45) is 6.30. The summed E-state index contributed by atoms with van der Waals surface area (Å²) < 4.78 is 0. The Morgan fingerprint density at radius 1 is 0.317 bits per heavy atom. The first kappa shape index (κ1) is 40.2. The summed E-state index contributed by atoms with van der Waals surface area (Å²) in [6.45, 7) is 6.42. The highest BCUT2D eigenvalue weighted by Gasteiger charge is 2.15. The lowest BCUT2D eigenvalue weighted by molar-refractivity contribution is 1.16. The summed E-state index contributed by atoms with van der Waals surface area (Å²) in [4.78, 5) is 4.63. The first-order chi connectivity index (χ1) is 31.1. The fraction of sp³-hybridized carbons (Fsp3) is 0.0164. The summed E-state index contributed by atoms with van der Waals surface area (Å²) in [5.41, 5.74) is 18.1. The number of nitrogens with zero attached hydrogens (tertiary/aromatic N) is 2. The molecule has 0 spiro atoms. The maximum Gasteiger partial charge on any atom is 0.0462 e. The molecule has 9 aromatic carbocycles. The molecule has 0 bridgehead atoms. The molecule has 0 aromatic heterocycles. The monoisotopic (exact) mass is 808 g/mol. The van der Waals surface area contributed by atoms with Gasteiger partial charge in [-0.05, 0) is 129 Å². The van der Waals surface area contributed by atoms with Gasteiger partial charge in [0.05, 0.1) is 0 Å². The lowest BCUT2D eigenvalue weighted by Crippen LogP contribution is -2.14. The van der Waals surface area contributed by atoms with Gasteiger partial charge in [-0.25, -0.2) is 0 Å². The van der Waals surface area contributed by atoms with Crippen molar-refractivity contribution in [2.45, 2.75) is 6.92 Å². The average molecular weight is 809 g/mol. The average Bonchev–Trinajstić information content (AvgIpc) is 3.37. The van der Waals surface area contributed by atoms with Gasteiger partial charge in [0.25, 0.3) is 0 Å². The minimum absolute atomic E-state index is 1.03. The van der Waals surface area contributed by atoms with Crippen molar-refractivity contribution in [1.29, 1.82) is 0 Å². The number of hydrogen-bond donors (Lipinski definition) is 0. The third-order valence-electron chi connectivity index (χ3n) is 11.5. The molecule has 0 saturated carbocycles. The van der Waals surface area contributed by atoms with Crippen molar-refractivity contribution in [3.8, 4) is 44.5 Å². The molecule has 302 valence electrons. The third kappa shape index (κ3) is 9.27. The van der Waals surface area contributed by atoms with Gasteiger partial charge in [0, 0.05) is 34.1 Å². The lowest BCUT2D eigenvalue weighted by atomic mass is 10.0. The van der Waals surface area contributed by atoms with E-state index in [0.29, 0.717) is 0 Å². The van der Waals surface area contributed by atoms with E-state index in [1.165, 1.54) is 44.5 Å². The van der Waals surface area contributed by atoms with Crippen molar-refractivity contribution in [3.63, 3.8) is 0 Å². The molecule has 0 fully saturated rings. The zero-order chi connectivity index (χ0) is 42.8. The molecule has 0 radical (unpaired) electrons. The van der Waals surface area contributed by atoms with E-state index in [4.69, 9.17) is 0 Å². The summed E-state index contributed by atoms with van der Waals surface area (Å²) in [7, 11) is 0. The van der Waals surface area contributed by atoms with Crippen molar-refractivity contribution in [3.05, 3.63) is 279 Å². The molecule has 0 saturated heterocycles. The van der Waals surface area contributed by atoms with E-state index in [-0.39, 0.29) is 0 Å². The van der Waals surface area contributed by atoms with Gasteiger partial charge < -0.3 is 9.80 Å². The molecule has 63 heavy (non-hydrogen) atoms. The number of allylic oxidation sites excluding steroid dienone is 5. The normalized spacial score (nSPS) is 11.5. The van der Waals surface area contributed by atoms with Crippen LogP contribution in [0.1, 0.15) is 12.5 Å². The van der Waals surface area contributed by atoms with Crippen molar-refractivity contribution in [2.75, 3.05) is 9.80 Å². The van der Waals surface area contributed by atoms with E-state index in [0.717, 1.165) is 45.3 Å².